The molecule has 0 atom stereocenters. The molecule has 0 heterocycles. The van der Waals surface area contributed by atoms with E-state index in [4.69, 9.17) is 16.3 Å². The first-order valence-electron chi connectivity index (χ1n) is 5.08. The fourth-order valence-corrected chi connectivity index (χ4v) is 2.10. The van der Waals surface area contributed by atoms with Gasteiger partial charge in [0.25, 0.3) is 0 Å². The Kier molecular flexibility index (Phi) is 4.19. The molecule has 0 saturated heterocycles. The Morgan fingerprint density at radius 2 is 1.94 bits per heavy atom. The lowest BCUT2D eigenvalue weighted by Crippen LogP contribution is -2.00. The smallest absolute Gasteiger partial charge is 0.134 e. The van der Waals surface area contributed by atoms with E-state index in [1.165, 1.54) is 30.3 Å². The van der Waals surface area contributed by atoms with Crippen molar-refractivity contribution in [3.63, 3.8) is 0 Å². The van der Waals surface area contributed by atoms with E-state index in [0.717, 1.165) is 0 Å². The van der Waals surface area contributed by atoms with Crippen molar-refractivity contribution in [1.29, 1.82) is 0 Å². The lowest BCUT2D eigenvalue weighted by molar-refractivity contribution is 0.297. The summed E-state index contributed by atoms with van der Waals surface area (Å²) in [5.74, 6) is -0.380. The molecule has 5 heteroatoms. The molecule has 18 heavy (non-hydrogen) atoms. The van der Waals surface area contributed by atoms with Crippen molar-refractivity contribution < 1.29 is 13.5 Å². The fraction of sp³-hybridized carbons (Fsp3) is 0.0769. The summed E-state index contributed by atoms with van der Waals surface area (Å²) in [5.41, 5.74) is 0.274. The highest BCUT2D eigenvalue weighted by Gasteiger charge is 2.09. The summed E-state index contributed by atoms with van der Waals surface area (Å²) in [6.07, 6.45) is 0. The lowest BCUT2D eigenvalue weighted by Gasteiger charge is -2.10. The molecule has 2 rings (SSSR count). The highest BCUT2D eigenvalue weighted by atomic mass is 79.9. The molecule has 0 bridgehead atoms. The topological polar surface area (TPSA) is 9.23 Å². The fourth-order valence-electron chi connectivity index (χ4n) is 1.41. The van der Waals surface area contributed by atoms with Crippen LogP contribution in [0.25, 0.3) is 0 Å². The molecule has 1 nitrogen and oxygen atoms in total. The van der Waals surface area contributed by atoms with Gasteiger partial charge in [-0.3, -0.25) is 0 Å². The number of ether oxygens (including phenoxy) is 1. The van der Waals surface area contributed by atoms with Crippen LogP contribution in [0.4, 0.5) is 8.78 Å². The van der Waals surface area contributed by atoms with Crippen LogP contribution in [0.1, 0.15) is 5.56 Å². The van der Waals surface area contributed by atoms with Gasteiger partial charge in [-0.2, -0.15) is 0 Å². The summed E-state index contributed by atoms with van der Waals surface area (Å²) in [5, 5.41) is 0.299. The Hall–Kier alpha value is -1.13. The van der Waals surface area contributed by atoms with E-state index in [-0.39, 0.29) is 18.0 Å². The Balaban J connectivity index is 2.16. The van der Waals surface area contributed by atoms with E-state index < -0.39 is 5.82 Å². The van der Waals surface area contributed by atoms with Crippen molar-refractivity contribution in [2.45, 2.75) is 6.61 Å². The van der Waals surface area contributed by atoms with Crippen molar-refractivity contribution in [2.75, 3.05) is 0 Å². The molecular formula is C13H8BrClF2O. The van der Waals surface area contributed by atoms with Gasteiger partial charge < -0.3 is 4.74 Å². The number of benzene rings is 2. The molecule has 0 saturated carbocycles. The number of hydrogen-bond acceptors (Lipinski definition) is 1. The van der Waals surface area contributed by atoms with Gasteiger partial charge in [0.2, 0.25) is 0 Å². The molecule has 94 valence electrons. The maximum Gasteiger partial charge on any atom is 0.134 e. The molecule has 0 N–H and O–H groups in total. The van der Waals surface area contributed by atoms with Crippen LogP contribution in [-0.2, 0) is 6.61 Å². The monoisotopic (exact) mass is 332 g/mol. The minimum Gasteiger partial charge on any atom is -0.488 e. The van der Waals surface area contributed by atoms with Crippen LogP contribution < -0.4 is 4.74 Å². The predicted molar refractivity (Wildman–Crippen MR) is 69.8 cm³/mol. The van der Waals surface area contributed by atoms with E-state index in [9.17, 15) is 8.78 Å². The normalized spacial score (nSPS) is 10.4. The highest BCUT2D eigenvalue weighted by molar-refractivity contribution is 9.10. The Morgan fingerprint density at radius 1 is 1.17 bits per heavy atom. The first-order chi connectivity index (χ1) is 8.58. The van der Waals surface area contributed by atoms with Gasteiger partial charge in [0.15, 0.2) is 0 Å². The van der Waals surface area contributed by atoms with E-state index in [0.29, 0.717) is 15.2 Å². The Labute approximate surface area is 116 Å². The SMILES string of the molecule is Fc1ccc(OCc2c(F)cccc2Cl)c(Br)c1. The predicted octanol–water partition coefficient (Wildman–Crippen LogP) is 4.96. The van der Waals surface area contributed by atoms with Gasteiger partial charge in [-0.05, 0) is 46.3 Å². The van der Waals surface area contributed by atoms with Gasteiger partial charge >= 0.3 is 0 Å². The minimum atomic E-state index is -0.430. The van der Waals surface area contributed by atoms with Crippen LogP contribution >= 0.6 is 27.5 Å². The van der Waals surface area contributed by atoms with Gasteiger partial charge in [0.05, 0.1) is 9.50 Å². The van der Waals surface area contributed by atoms with Crippen molar-refractivity contribution in [1.82, 2.24) is 0 Å². The van der Waals surface area contributed by atoms with E-state index >= 15 is 0 Å². The minimum absolute atomic E-state index is 0.0181. The molecule has 0 radical (unpaired) electrons. The zero-order valence-corrected chi connectivity index (χ0v) is 11.4. The average molecular weight is 334 g/mol. The first kappa shape index (κ1) is 13.3. The molecular weight excluding hydrogens is 325 g/mol. The summed E-state index contributed by atoms with van der Waals surface area (Å²) in [6, 6.07) is 8.43. The largest absolute Gasteiger partial charge is 0.488 e. The molecule has 0 fully saturated rings. The molecule has 0 aromatic heterocycles. The molecule has 0 aliphatic heterocycles. The van der Waals surface area contributed by atoms with Crippen molar-refractivity contribution in [2.24, 2.45) is 0 Å². The van der Waals surface area contributed by atoms with Gasteiger partial charge in [0.1, 0.15) is 24.0 Å². The summed E-state index contributed by atoms with van der Waals surface area (Å²) >= 11 is 9.03. The van der Waals surface area contributed by atoms with Gasteiger partial charge in [-0.1, -0.05) is 17.7 Å². The molecule has 2 aromatic rings. The molecule has 0 aliphatic rings. The van der Waals surface area contributed by atoms with Crippen molar-refractivity contribution >= 4 is 27.5 Å². The molecule has 0 aliphatic carbocycles. The van der Waals surface area contributed by atoms with Crippen molar-refractivity contribution in [3.8, 4) is 5.75 Å². The first-order valence-corrected chi connectivity index (χ1v) is 6.26. The van der Waals surface area contributed by atoms with Crippen LogP contribution in [-0.4, -0.2) is 0 Å². The third kappa shape index (κ3) is 3.00. The quantitative estimate of drug-likeness (QED) is 0.771. The number of halogens is 4. The maximum atomic E-state index is 13.5. The zero-order chi connectivity index (χ0) is 13.1. The standard InChI is InChI=1S/C13H8BrClF2O/c14-10-6-8(16)4-5-13(10)18-7-9-11(15)2-1-3-12(9)17/h1-6H,7H2. The van der Waals surface area contributed by atoms with E-state index in [1.54, 1.807) is 6.07 Å². The second-order valence-corrected chi connectivity index (χ2v) is 4.83. The van der Waals surface area contributed by atoms with E-state index in [1.807, 2.05) is 0 Å². The Morgan fingerprint density at radius 3 is 2.61 bits per heavy atom. The summed E-state index contributed by atoms with van der Waals surface area (Å²) < 4.78 is 32.2. The maximum absolute atomic E-state index is 13.5. The average Bonchev–Trinajstić information content (AvgIpc) is 2.31. The summed E-state index contributed by atoms with van der Waals surface area (Å²) in [7, 11) is 0. The van der Waals surface area contributed by atoms with Crippen LogP contribution in [0.15, 0.2) is 40.9 Å². The summed E-state index contributed by atoms with van der Waals surface area (Å²) in [4.78, 5) is 0. The van der Waals surface area contributed by atoms with Crippen LogP contribution in [0.5, 0.6) is 5.75 Å². The Bertz CT molecular complexity index is 555. The third-order valence-electron chi connectivity index (χ3n) is 2.33. The lowest BCUT2D eigenvalue weighted by atomic mass is 10.2. The summed E-state index contributed by atoms with van der Waals surface area (Å²) in [6.45, 7) is -0.0181. The second kappa shape index (κ2) is 5.67. The molecule has 0 spiro atoms. The number of rotatable bonds is 3. The third-order valence-corrected chi connectivity index (χ3v) is 3.30. The van der Waals surface area contributed by atoms with Crippen LogP contribution in [0.3, 0.4) is 0 Å². The highest BCUT2D eigenvalue weighted by Crippen LogP contribution is 2.27. The van der Waals surface area contributed by atoms with E-state index in [2.05, 4.69) is 15.9 Å². The van der Waals surface area contributed by atoms with Gasteiger partial charge in [-0.15, -0.1) is 0 Å². The van der Waals surface area contributed by atoms with Gasteiger partial charge in [-0.25, -0.2) is 8.78 Å². The zero-order valence-electron chi connectivity index (χ0n) is 9.09. The molecule has 0 unspecified atom stereocenters. The molecule has 0 amide bonds. The van der Waals surface area contributed by atoms with Gasteiger partial charge in [0, 0.05) is 5.56 Å². The second-order valence-electron chi connectivity index (χ2n) is 3.56. The van der Waals surface area contributed by atoms with Crippen LogP contribution in [0.2, 0.25) is 5.02 Å². The van der Waals surface area contributed by atoms with Crippen molar-refractivity contribution in [3.05, 3.63) is 63.1 Å². The van der Waals surface area contributed by atoms with Crippen LogP contribution in [0, 0.1) is 11.6 Å². The molecule has 2 aromatic carbocycles. The number of hydrogen-bond donors (Lipinski definition) is 0.